The molecule has 1 N–H and O–H groups in total. The van der Waals surface area contributed by atoms with Crippen LogP contribution in [0.4, 0.5) is 13.2 Å². The normalized spacial score (nSPS) is 10.9. The highest BCUT2D eigenvalue weighted by molar-refractivity contribution is 5.97. The Kier molecular flexibility index (Phi) is 6.11. The summed E-state index contributed by atoms with van der Waals surface area (Å²) in [7, 11) is 0. The highest BCUT2D eigenvalue weighted by Crippen LogP contribution is 2.44. The maximum atomic E-state index is 13.5. The summed E-state index contributed by atoms with van der Waals surface area (Å²) in [5, 5.41) is 19.1. The minimum atomic E-state index is -4.93. The Bertz CT molecular complexity index is 1170. The van der Waals surface area contributed by atoms with E-state index in [-0.39, 0.29) is 17.9 Å². The molecular formula is C22H15F3N2O4. The number of benzene rings is 2. The van der Waals surface area contributed by atoms with E-state index in [0.717, 1.165) is 19.1 Å². The second-order valence-corrected chi connectivity index (χ2v) is 6.41. The van der Waals surface area contributed by atoms with Crippen LogP contribution in [0.3, 0.4) is 0 Å². The zero-order valence-electron chi connectivity index (χ0n) is 16.1. The molecule has 1 aromatic heterocycles. The van der Waals surface area contributed by atoms with Gasteiger partial charge in [-0.05, 0) is 42.8 Å². The van der Waals surface area contributed by atoms with Gasteiger partial charge in [0.1, 0.15) is 35.5 Å². The lowest BCUT2D eigenvalue weighted by atomic mass is 10.0. The molecule has 6 nitrogen and oxygen atoms in total. The van der Waals surface area contributed by atoms with Gasteiger partial charge in [0.05, 0.1) is 17.3 Å². The number of phenolic OH excluding ortho intramolecular Hbond substituents is 1. The number of carbonyl (C=O) groups is 1. The maximum Gasteiger partial charge on any atom is 0.423 e. The monoisotopic (exact) mass is 428 g/mol. The van der Waals surface area contributed by atoms with Crippen molar-refractivity contribution in [3.8, 4) is 29.1 Å². The van der Waals surface area contributed by atoms with E-state index in [1.54, 1.807) is 18.2 Å². The molecular weight excluding hydrogens is 413 g/mol. The van der Waals surface area contributed by atoms with Crippen LogP contribution in [-0.4, -0.2) is 15.9 Å². The van der Waals surface area contributed by atoms with Crippen molar-refractivity contribution in [2.45, 2.75) is 19.7 Å². The summed E-state index contributed by atoms with van der Waals surface area (Å²) in [5.74, 6) is -1.93. The molecule has 2 aromatic carbocycles. The van der Waals surface area contributed by atoms with E-state index in [0.29, 0.717) is 11.3 Å². The fraction of sp³-hybridized carbons (Fsp3) is 0.136. The predicted molar refractivity (Wildman–Crippen MR) is 103 cm³/mol. The SMILES string of the molecule is CC(=O)c1ccc(OCc2cccc(Oc3cnccc3C#N)c2)c(C(F)(F)F)c1O. The van der Waals surface area contributed by atoms with Gasteiger partial charge in [-0.15, -0.1) is 0 Å². The van der Waals surface area contributed by atoms with Crippen molar-refractivity contribution in [3.63, 3.8) is 0 Å². The number of carbonyl (C=O) groups excluding carboxylic acids is 1. The van der Waals surface area contributed by atoms with Crippen LogP contribution >= 0.6 is 0 Å². The molecule has 0 aliphatic rings. The van der Waals surface area contributed by atoms with Crippen LogP contribution in [-0.2, 0) is 12.8 Å². The minimum absolute atomic E-state index is 0.229. The first-order valence-corrected chi connectivity index (χ1v) is 8.88. The predicted octanol–water partition coefficient (Wildman–Crippen LogP) is 5.25. The van der Waals surface area contributed by atoms with Gasteiger partial charge in [-0.3, -0.25) is 9.78 Å². The van der Waals surface area contributed by atoms with Crippen molar-refractivity contribution in [3.05, 3.63) is 77.1 Å². The van der Waals surface area contributed by atoms with E-state index in [9.17, 15) is 23.1 Å². The van der Waals surface area contributed by atoms with E-state index in [1.165, 1.54) is 24.5 Å². The average Bonchev–Trinajstić information content (AvgIpc) is 2.71. The van der Waals surface area contributed by atoms with E-state index < -0.39 is 34.6 Å². The number of aromatic hydroxyl groups is 1. The summed E-state index contributed by atoms with van der Waals surface area (Å²) in [6.07, 6.45) is -2.11. The first-order valence-electron chi connectivity index (χ1n) is 8.88. The molecule has 0 aliphatic carbocycles. The molecule has 0 unspecified atom stereocenters. The molecule has 0 spiro atoms. The van der Waals surface area contributed by atoms with Crippen LogP contribution in [0.5, 0.6) is 23.0 Å². The molecule has 0 atom stereocenters. The molecule has 0 amide bonds. The molecule has 31 heavy (non-hydrogen) atoms. The molecule has 3 aromatic rings. The topological polar surface area (TPSA) is 92.4 Å². The second kappa shape index (κ2) is 8.75. The molecule has 9 heteroatoms. The Morgan fingerprint density at radius 1 is 1.19 bits per heavy atom. The van der Waals surface area contributed by atoms with Crippen molar-refractivity contribution in [1.82, 2.24) is 4.98 Å². The second-order valence-electron chi connectivity index (χ2n) is 6.41. The summed E-state index contributed by atoms with van der Waals surface area (Å²) >= 11 is 0. The quantitative estimate of drug-likeness (QED) is 0.539. The van der Waals surface area contributed by atoms with Gasteiger partial charge in [-0.1, -0.05) is 12.1 Å². The number of halogens is 3. The third kappa shape index (κ3) is 4.93. The lowest BCUT2D eigenvalue weighted by molar-refractivity contribution is -0.140. The standard InChI is InChI=1S/C22H15F3N2O4/c1-13(28)17-5-6-18(20(21(17)29)22(23,24)25)30-12-14-3-2-4-16(9-14)31-19-11-27-8-7-15(19)10-26/h2-9,11,29H,12H2,1H3. The van der Waals surface area contributed by atoms with Gasteiger partial charge in [0.25, 0.3) is 0 Å². The summed E-state index contributed by atoms with van der Waals surface area (Å²) in [6.45, 7) is 0.790. The highest BCUT2D eigenvalue weighted by atomic mass is 19.4. The summed E-state index contributed by atoms with van der Waals surface area (Å²) in [4.78, 5) is 15.4. The van der Waals surface area contributed by atoms with Gasteiger partial charge >= 0.3 is 6.18 Å². The molecule has 0 aliphatic heterocycles. The Hall–Kier alpha value is -4.06. The molecule has 0 saturated heterocycles. The van der Waals surface area contributed by atoms with Crippen LogP contribution in [0.1, 0.15) is 34.0 Å². The fourth-order valence-corrected chi connectivity index (χ4v) is 2.79. The van der Waals surface area contributed by atoms with E-state index in [1.807, 2.05) is 6.07 Å². The number of hydrogen-bond donors (Lipinski definition) is 1. The molecule has 0 saturated carbocycles. The highest BCUT2D eigenvalue weighted by Gasteiger charge is 2.39. The zero-order valence-corrected chi connectivity index (χ0v) is 16.1. The molecule has 158 valence electrons. The molecule has 1 heterocycles. The number of hydrogen-bond acceptors (Lipinski definition) is 6. The van der Waals surface area contributed by atoms with Crippen molar-refractivity contribution >= 4 is 5.78 Å². The largest absolute Gasteiger partial charge is 0.506 e. The van der Waals surface area contributed by atoms with Crippen LogP contribution in [0.25, 0.3) is 0 Å². The summed E-state index contributed by atoms with van der Waals surface area (Å²) in [5.41, 5.74) is -1.11. The van der Waals surface area contributed by atoms with Gasteiger partial charge in [0, 0.05) is 6.20 Å². The molecule has 0 bridgehead atoms. The number of ketones is 1. The van der Waals surface area contributed by atoms with Crippen molar-refractivity contribution in [2.75, 3.05) is 0 Å². The minimum Gasteiger partial charge on any atom is -0.506 e. The third-order valence-corrected chi connectivity index (χ3v) is 4.23. The Morgan fingerprint density at radius 3 is 2.65 bits per heavy atom. The van der Waals surface area contributed by atoms with Crippen LogP contribution < -0.4 is 9.47 Å². The van der Waals surface area contributed by atoms with Crippen LogP contribution in [0.2, 0.25) is 0 Å². The molecule has 0 radical (unpaired) electrons. The number of phenols is 1. The molecule has 3 rings (SSSR count). The first kappa shape index (κ1) is 21.6. The smallest absolute Gasteiger partial charge is 0.423 e. The lowest BCUT2D eigenvalue weighted by Crippen LogP contribution is -2.11. The van der Waals surface area contributed by atoms with Gasteiger partial charge in [-0.2, -0.15) is 18.4 Å². The number of Topliss-reactive ketones (excluding diaryl/α,β-unsaturated/α-hetero) is 1. The number of nitriles is 1. The van der Waals surface area contributed by atoms with Crippen molar-refractivity contribution in [2.24, 2.45) is 0 Å². The lowest BCUT2D eigenvalue weighted by Gasteiger charge is -2.17. The van der Waals surface area contributed by atoms with E-state index in [2.05, 4.69) is 4.98 Å². The maximum absolute atomic E-state index is 13.5. The number of aromatic nitrogens is 1. The Balaban J connectivity index is 1.84. The van der Waals surface area contributed by atoms with Crippen molar-refractivity contribution in [1.29, 1.82) is 5.26 Å². The van der Waals surface area contributed by atoms with Gasteiger partial charge in [0.2, 0.25) is 0 Å². The third-order valence-electron chi connectivity index (χ3n) is 4.23. The van der Waals surface area contributed by atoms with E-state index >= 15 is 0 Å². The number of alkyl halides is 3. The average molecular weight is 428 g/mol. The van der Waals surface area contributed by atoms with Gasteiger partial charge in [-0.25, -0.2) is 0 Å². The van der Waals surface area contributed by atoms with Crippen molar-refractivity contribution < 1.29 is 32.5 Å². The van der Waals surface area contributed by atoms with Crippen LogP contribution in [0.15, 0.2) is 54.9 Å². The van der Waals surface area contributed by atoms with Gasteiger partial charge < -0.3 is 14.6 Å². The zero-order chi connectivity index (χ0) is 22.6. The van der Waals surface area contributed by atoms with Gasteiger partial charge in [0.15, 0.2) is 11.5 Å². The summed E-state index contributed by atoms with van der Waals surface area (Å²) < 4.78 is 51.3. The number of ether oxygens (including phenoxy) is 2. The fourth-order valence-electron chi connectivity index (χ4n) is 2.79. The summed E-state index contributed by atoms with van der Waals surface area (Å²) in [6, 6.07) is 11.9. The Labute approximate surface area is 175 Å². The van der Waals surface area contributed by atoms with E-state index in [4.69, 9.17) is 14.7 Å². The Morgan fingerprint density at radius 2 is 1.97 bits per heavy atom. The number of rotatable bonds is 6. The number of pyridine rings is 1. The number of nitrogens with zero attached hydrogens (tertiary/aromatic N) is 2. The molecule has 0 fully saturated rings. The first-order chi connectivity index (χ1) is 14.7. The van der Waals surface area contributed by atoms with Crippen LogP contribution in [0, 0.1) is 11.3 Å².